The van der Waals surface area contributed by atoms with Crippen LogP contribution >= 0.6 is 0 Å². The summed E-state index contributed by atoms with van der Waals surface area (Å²) in [5, 5.41) is 0. The van der Waals surface area contributed by atoms with Crippen LogP contribution in [0.5, 0.6) is 0 Å². The molecule has 1 heterocycles. The van der Waals surface area contributed by atoms with Gasteiger partial charge in [0.1, 0.15) is 0 Å². The van der Waals surface area contributed by atoms with E-state index in [0.29, 0.717) is 0 Å². The molecule has 2 N–H and O–H groups in total. The normalized spacial score (nSPS) is 36.3. The van der Waals surface area contributed by atoms with Gasteiger partial charge in [-0.25, -0.2) is 0 Å². The minimum atomic E-state index is -0.280. The summed E-state index contributed by atoms with van der Waals surface area (Å²) < 4.78 is 11.2. The Morgan fingerprint density at radius 2 is 2.00 bits per heavy atom. The van der Waals surface area contributed by atoms with Crippen molar-refractivity contribution in [3.8, 4) is 0 Å². The molecule has 3 heteroatoms. The van der Waals surface area contributed by atoms with E-state index in [1.54, 1.807) is 0 Å². The number of nitrogens with two attached hydrogens (primary N) is 1. The Morgan fingerprint density at radius 1 is 1.27 bits per heavy atom. The van der Waals surface area contributed by atoms with Gasteiger partial charge in [-0.05, 0) is 12.8 Å². The Hall–Kier alpha value is -0.120. The molecule has 1 atom stereocenters. The largest absolute Gasteiger partial charge is 0.350 e. The van der Waals surface area contributed by atoms with Gasteiger partial charge in [0, 0.05) is 18.9 Å². The zero-order valence-corrected chi connectivity index (χ0v) is 6.71. The van der Waals surface area contributed by atoms with Gasteiger partial charge in [-0.1, -0.05) is 0 Å². The summed E-state index contributed by atoms with van der Waals surface area (Å²) in [6, 6.07) is 0.285. The Bertz CT molecular complexity index is 138. The van der Waals surface area contributed by atoms with Gasteiger partial charge in [-0.2, -0.15) is 0 Å². The molecule has 1 spiro atoms. The lowest BCUT2D eigenvalue weighted by molar-refractivity contribution is -0.262. The highest BCUT2D eigenvalue weighted by molar-refractivity contribution is 4.87. The number of rotatable bonds is 0. The molecule has 64 valence electrons. The van der Waals surface area contributed by atoms with Gasteiger partial charge in [0.25, 0.3) is 0 Å². The Balaban J connectivity index is 1.98. The van der Waals surface area contributed by atoms with E-state index >= 15 is 0 Å². The second-order valence-corrected chi connectivity index (χ2v) is 3.46. The minimum absolute atomic E-state index is 0.280. The quantitative estimate of drug-likeness (QED) is 0.561. The molecule has 2 fully saturated rings. The van der Waals surface area contributed by atoms with Crippen molar-refractivity contribution >= 4 is 0 Å². The molecule has 0 amide bonds. The van der Waals surface area contributed by atoms with Crippen molar-refractivity contribution in [3.63, 3.8) is 0 Å². The van der Waals surface area contributed by atoms with Crippen molar-refractivity contribution in [2.75, 3.05) is 13.2 Å². The molecule has 2 rings (SSSR count). The molecular weight excluding hydrogens is 142 g/mol. The van der Waals surface area contributed by atoms with Crippen LogP contribution in [0.1, 0.15) is 25.7 Å². The highest BCUT2D eigenvalue weighted by Gasteiger charge is 2.41. The van der Waals surface area contributed by atoms with E-state index in [1.165, 1.54) is 0 Å². The molecule has 1 saturated carbocycles. The Kier molecular flexibility index (Phi) is 1.87. The SMILES string of the molecule is NC1CCC2(C1)OCCCO2. The Labute approximate surface area is 66.8 Å². The van der Waals surface area contributed by atoms with Crippen LogP contribution in [0.2, 0.25) is 0 Å². The van der Waals surface area contributed by atoms with Crippen LogP contribution in [0, 0.1) is 0 Å². The summed E-state index contributed by atoms with van der Waals surface area (Å²) in [5.74, 6) is -0.280. The van der Waals surface area contributed by atoms with Crippen LogP contribution in [0.15, 0.2) is 0 Å². The van der Waals surface area contributed by atoms with Crippen LogP contribution in [0.4, 0.5) is 0 Å². The predicted octanol–water partition coefficient (Wildman–Crippen LogP) is 0.631. The maximum atomic E-state index is 5.78. The molecule has 0 aromatic heterocycles. The first-order valence-electron chi connectivity index (χ1n) is 4.34. The van der Waals surface area contributed by atoms with Crippen molar-refractivity contribution in [1.29, 1.82) is 0 Å². The topological polar surface area (TPSA) is 44.5 Å². The van der Waals surface area contributed by atoms with Crippen molar-refractivity contribution in [3.05, 3.63) is 0 Å². The van der Waals surface area contributed by atoms with Crippen molar-refractivity contribution in [2.45, 2.75) is 37.5 Å². The lowest BCUT2D eigenvalue weighted by atomic mass is 10.2. The zero-order chi connectivity index (χ0) is 7.73. The van der Waals surface area contributed by atoms with E-state index in [9.17, 15) is 0 Å². The molecule has 11 heavy (non-hydrogen) atoms. The summed E-state index contributed by atoms with van der Waals surface area (Å²) in [6.45, 7) is 1.68. The molecule has 1 saturated heterocycles. The number of ether oxygens (including phenoxy) is 2. The molecule has 0 aromatic carbocycles. The third-order valence-electron chi connectivity index (χ3n) is 2.49. The molecule has 2 aliphatic rings. The summed E-state index contributed by atoms with van der Waals surface area (Å²) >= 11 is 0. The Morgan fingerprint density at radius 3 is 2.55 bits per heavy atom. The van der Waals surface area contributed by atoms with E-state index in [0.717, 1.165) is 38.9 Å². The highest BCUT2D eigenvalue weighted by atomic mass is 16.7. The van der Waals surface area contributed by atoms with Gasteiger partial charge < -0.3 is 15.2 Å². The monoisotopic (exact) mass is 157 g/mol. The smallest absolute Gasteiger partial charge is 0.169 e. The average molecular weight is 157 g/mol. The van der Waals surface area contributed by atoms with Gasteiger partial charge in [-0.3, -0.25) is 0 Å². The van der Waals surface area contributed by atoms with E-state index in [1.807, 2.05) is 0 Å². The van der Waals surface area contributed by atoms with Gasteiger partial charge >= 0.3 is 0 Å². The van der Waals surface area contributed by atoms with Crippen molar-refractivity contribution in [2.24, 2.45) is 5.73 Å². The second-order valence-electron chi connectivity index (χ2n) is 3.46. The maximum absolute atomic E-state index is 5.78. The molecule has 0 radical (unpaired) electrons. The van der Waals surface area contributed by atoms with Crippen LogP contribution in [-0.4, -0.2) is 25.0 Å². The van der Waals surface area contributed by atoms with Crippen LogP contribution < -0.4 is 5.73 Å². The first-order chi connectivity index (χ1) is 5.31. The minimum Gasteiger partial charge on any atom is -0.350 e. The fraction of sp³-hybridized carbons (Fsp3) is 1.00. The van der Waals surface area contributed by atoms with E-state index in [-0.39, 0.29) is 11.8 Å². The number of hydrogen-bond acceptors (Lipinski definition) is 3. The maximum Gasteiger partial charge on any atom is 0.169 e. The number of hydrogen-bond donors (Lipinski definition) is 1. The van der Waals surface area contributed by atoms with Crippen LogP contribution in [0.25, 0.3) is 0 Å². The summed E-state index contributed by atoms with van der Waals surface area (Å²) in [6.07, 6.45) is 3.93. The summed E-state index contributed by atoms with van der Waals surface area (Å²) in [4.78, 5) is 0. The fourth-order valence-electron chi connectivity index (χ4n) is 1.89. The first-order valence-corrected chi connectivity index (χ1v) is 4.34. The third-order valence-corrected chi connectivity index (χ3v) is 2.49. The second kappa shape index (κ2) is 2.73. The zero-order valence-electron chi connectivity index (χ0n) is 6.71. The summed E-state index contributed by atoms with van der Waals surface area (Å²) in [5.41, 5.74) is 5.78. The molecule has 1 aliphatic heterocycles. The summed E-state index contributed by atoms with van der Waals surface area (Å²) in [7, 11) is 0. The molecule has 0 aromatic rings. The molecule has 0 bridgehead atoms. The molecule has 1 aliphatic carbocycles. The van der Waals surface area contributed by atoms with Gasteiger partial charge in [0.2, 0.25) is 0 Å². The van der Waals surface area contributed by atoms with Crippen molar-refractivity contribution in [1.82, 2.24) is 0 Å². The molecular formula is C8H15NO2. The first kappa shape index (κ1) is 7.53. The van der Waals surface area contributed by atoms with Gasteiger partial charge in [0.15, 0.2) is 5.79 Å². The average Bonchev–Trinajstić information content (AvgIpc) is 2.34. The van der Waals surface area contributed by atoms with Crippen LogP contribution in [0.3, 0.4) is 0 Å². The molecule has 3 nitrogen and oxygen atoms in total. The van der Waals surface area contributed by atoms with E-state index < -0.39 is 0 Å². The van der Waals surface area contributed by atoms with Crippen LogP contribution in [-0.2, 0) is 9.47 Å². The predicted molar refractivity (Wildman–Crippen MR) is 41.1 cm³/mol. The molecule has 1 unspecified atom stereocenters. The van der Waals surface area contributed by atoms with Crippen molar-refractivity contribution < 1.29 is 9.47 Å². The lowest BCUT2D eigenvalue weighted by Gasteiger charge is -2.33. The fourth-order valence-corrected chi connectivity index (χ4v) is 1.89. The highest BCUT2D eigenvalue weighted by Crippen LogP contribution is 2.35. The van der Waals surface area contributed by atoms with E-state index in [2.05, 4.69) is 0 Å². The van der Waals surface area contributed by atoms with Gasteiger partial charge in [0.05, 0.1) is 13.2 Å². The van der Waals surface area contributed by atoms with E-state index in [4.69, 9.17) is 15.2 Å². The van der Waals surface area contributed by atoms with Gasteiger partial charge in [-0.15, -0.1) is 0 Å². The third kappa shape index (κ3) is 1.41. The standard InChI is InChI=1S/C8H15NO2/c9-7-2-3-8(6-7)10-4-1-5-11-8/h7H,1-6,9H2. The lowest BCUT2D eigenvalue weighted by Crippen LogP contribution is -2.39.